The van der Waals surface area contributed by atoms with Crippen LogP contribution in [0, 0.1) is 10.1 Å². The summed E-state index contributed by atoms with van der Waals surface area (Å²) in [6, 6.07) is 40.2. The van der Waals surface area contributed by atoms with Gasteiger partial charge in [-0.3, -0.25) is 39.1 Å². The fourth-order valence-corrected chi connectivity index (χ4v) is 12.4. The molecule has 0 aromatic heterocycles. The number of ether oxygens (including phenoxy) is 3. The Morgan fingerprint density at radius 2 is 1.00 bits per heavy atom. The second-order valence-electron chi connectivity index (χ2n) is 22.0. The number of nitrogens with zero attached hydrogens (tertiary/aromatic N) is 7. The predicted molar refractivity (Wildman–Crippen MR) is 315 cm³/mol. The van der Waals surface area contributed by atoms with Gasteiger partial charge in [0.15, 0.2) is 0 Å². The Morgan fingerprint density at radius 1 is 0.581 bits per heavy atom. The zero-order valence-electron chi connectivity index (χ0n) is 47.2. The molecule has 5 aliphatic rings. The number of nitrogens with one attached hydrogen (secondary N) is 2. The first kappa shape index (κ1) is 58.2. The van der Waals surface area contributed by atoms with Gasteiger partial charge in [-0.1, -0.05) is 97.1 Å². The molecule has 6 aromatic carbocycles. The van der Waals surface area contributed by atoms with Gasteiger partial charge in [0, 0.05) is 68.6 Å². The summed E-state index contributed by atoms with van der Waals surface area (Å²) in [5, 5.41) is 47.1. The smallest absolute Gasteiger partial charge is 0.410 e. The van der Waals surface area contributed by atoms with E-state index in [0.717, 1.165) is 50.2 Å². The average molecular weight is 1170 g/mol. The molecule has 6 atom stereocenters. The fourth-order valence-electron chi connectivity index (χ4n) is 12.4. The Hall–Kier alpha value is -9.54. The summed E-state index contributed by atoms with van der Waals surface area (Å²) in [6.07, 6.45) is -4.45. The molecule has 0 bridgehead atoms. The van der Waals surface area contributed by atoms with Crippen molar-refractivity contribution in [1.29, 1.82) is 0 Å². The SMILES string of the molecule is CCN(CCOC(=O)CCC(=O)N1C[C@@H](NC(=O)[C@@H]2C[C@@H](O)CN2C(=O)OCC2c3ccccc3-c3ccccc32)[C@H](NC(=O)[C@@H]2C[C@@H](O)CN2C(=O)OCC2c3ccccc3-c3ccccc32)C1)c1ccc(N=Nc2ccc([N+](=O)[O-])cc2)cc1. The lowest BCUT2D eigenvalue weighted by molar-refractivity contribution is -0.384. The van der Waals surface area contributed by atoms with Crippen LogP contribution >= 0.6 is 0 Å². The molecule has 3 heterocycles. The second kappa shape index (κ2) is 25.8. The van der Waals surface area contributed by atoms with Gasteiger partial charge in [-0.25, -0.2) is 9.59 Å². The van der Waals surface area contributed by atoms with Crippen LogP contribution in [0.1, 0.15) is 66.7 Å². The molecule has 22 heteroatoms. The number of nitro benzene ring substituents is 1. The van der Waals surface area contributed by atoms with E-state index in [0.29, 0.717) is 24.5 Å². The molecule has 444 valence electrons. The lowest BCUT2D eigenvalue weighted by atomic mass is 9.98. The fraction of sp³-hybridized carbons (Fsp3) is 0.344. The van der Waals surface area contributed by atoms with Crippen molar-refractivity contribution in [3.05, 3.63) is 178 Å². The molecule has 3 fully saturated rings. The van der Waals surface area contributed by atoms with Gasteiger partial charge in [-0.15, -0.1) is 0 Å². The average Bonchev–Trinajstić information content (AvgIpc) is 2.44. The maximum Gasteiger partial charge on any atom is 0.410 e. The number of anilines is 1. The highest BCUT2D eigenvalue weighted by Crippen LogP contribution is 2.46. The topological polar surface area (TPSA) is 275 Å². The zero-order chi connectivity index (χ0) is 60.0. The predicted octanol–water partition coefficient (Wildman–Crippen LogP) is 7.74. The molecule has 5 amide bonds. The number of carbonyl (C=O) groups is 6. The first-order valence-electron chi connectivity index (χ1n) is 28.9. The van der Waals surface area contributed by atoms with E-state index in [1.165, 1.54) is 39.0 Å². The summed E-state index contributed by atoms with van der Waals surface area (Å²) >= 11 is 0. The number of amides is 5. The zero-order valence-corrected chi connectivity index (χ0v) is 47.2. The molecule has 11 rings (SSSR count). The van der Waals surface area contributed by atoms with Crippen molar-refractivity contribution in [2.45, 2.75) is 80.8 Å². The van der Waals surface area contributed by atoms with Crippen molar-refractivity contribution >= 4 is 58.6 Å². The van der Waals surface area contributed by atoms with E-state index in [9.17, 15) is 49.1 Å². The largest absolute Gasteiger partial charge is 0.464 e. The summed E-state index contributed by atoms with van der Waals surface area (Å²) in [4.78, 5) is 100. The Balaban J connectivity index is 0.725. The molecular formula is C64H65N9O13. The van der Waals surface area contributed by atoms with Crippen LogP contribution in [-0.2, 0) is 33.4 Å². The van der Waals surface area contributed by atoms with E-state index in [4.69, 9.17) is 14.2 Å². The number of esters is 1. The number of nitro groups is 1. The third-order valence-electron chi connectivity index (χ3n) is 16.7. The Morgan fingerprint density at radius 3 is 1.42 bits per heavy atom. The van der Waals surface area contributed by atoms with Crippen molar-refractivity contribution < 1.29 is 58.1 Å². The number of carbonyl (C=O) groups excluding carboxylic acids is 6. The number of likely N-dealkylation sites (N-methyl/N-ethyl adjacent to an activating group) is 1. The number of likely N-dealkylation sites (tertiary alicyclic amines) is 3. The number of hydrogen-bond acceptors (Lipinski definition) is 16. The molecule has 2 aliphatic carbocycles. The molecule has 22 nitrogen and oxygen atoms in total. The minimum atomic E-state index is -1.18. The molecule has 6 aromatic rings. The maximum atomic E-state index is 14.4. The van der Waals surface area contributed by atoms with Gasteiger partial charge in [-0.05, 0) is 87.8 Å². The third kappa shape index (κ3) is 12.6. The van der Waals surface area contributed by atoms with E-state index in [1.807, 2.05) is 121 Å². The molecule has 0 spiro atoms. The number of aliphatic hydroxyl groups is 2. The standard InChI is InChI=1S/C64H65N9O13/c1-2-69(41-23-19-39(20-24-41)67-68-40-21-25-42(26-22-40)73(82)83)29-30-84-60(77)28-27-59(76)70-35-55(65-61(78)57-31-43(74)33-71(57)63(80)85-37-53-49-15-7-3-11-45(49)46-12-4-8-16-50(46)53)56(36-70)66-62(79)58-32-44(75)34-72(58)64(81)86-38-54-51-17-9-5-13-47(51)48-14-6-10-18-52(48)54/h3-26,43-44,53-58,74-75H,2,27-38H2,1H3,(H,65,78)(H,66,79)/t43-,44-,55-,56-,57+,58+/m1/s1. The number of β-amino-alcohol motifs (C(OH)–C–C–N with tert-alkyl or cyclic N) is 2. The van der Waals surface area contributed by atoms with Crippen molar-refractivity contribution in [3.8, 4) is 22.3 Å². The van der Waals surface area contributed by atoms with Gasteiger partial charge in [0.2, 0.25) is 17.7 Å². The van der Waals surface area contributed by atoms with Crippen LogP contribution in [0.5, 0.6) is 0 Å². The molecule has 3 saturated heterocycles. The lowest BCUT2D eigenvalue weighted by Crippen LogP contribution is -2.57. The molecular weight excluding hydrogens is 1100 g/mol. The Kier molecular flexibility index (Phi) is 17.4. The monoisotopic (exact) mass is 1170 g/mol. The second-order valence-corrected chi connectivity index (χ2v) is 22.0. The third-order valence-corrected chi connectivity index (χ3v) is 16.7. The van der Waals surface area contributed by atoms with Crippen molar-refractivity contribution in [3.63, 3.8) is 0 Å². The van der Waals surface area contributed by atoms with E-state index < -0.39 is 77.2 Å². The molecule has 0 saturated carbocycles. The van der Waals surface area contributed by atoms with Gasteiger partial charge in [0.25, 0.3) is 5.69 Å². The number of hydrogen-bond donors (Lipinski definition) is 4. The molecule has 86 heavy (non-hydrogen) atoms. The van der Waals surface area contributed by atoms with Crippen LogP contribution in [0.2, 0.25) is 0 Å². The summed E-state index contributed by atoms with van der Waals surface area (Å²) in [6.45, 7) is 2.25. The van der Waals surface area contributed by atoms with Crippen LogP contribution < -0.4 is 15.5 Å². The summed E-state index contributed by atoms with van der Waals surface area (Å²) in [5.41, 5.74) is 9.95. The van der Waals surface area contributed by atoms with Crippen molar-refractivity contribution in [2.24, 2.45) is 10.2 Å². The van der Waals surface area contributed by atoms with Gasteiger partial charge in [-0.2, -0.15) is 10.2 Å². The van der Waals surface area contributed by atoms with Gasteiger partial charge in [0.1, 0.15) is 31.9 Å². The van der Waals surface area contributed by atoms with Gasteiger partial charge < -0.3 is 44.9 Å². The summed E-state index contributed by atoms with van der Waals surface area (Å²) in [5.74, 6) is -2.91. The maximum absolute atomic E-state index is 14.4. The van der Waals surface area contributed by atoms with E-state index in [-0.39, 0.29) is 89.2 Å². The normalized spacial score (nSPS) is 20.2. The van der Waals surface area contributed by atoms with Crippen LogP contribution in [0.25, 0.3) is 22.3 Å². The molecule has 0 radical (unpaired) electrons. The molecule has 3 aliphatic heterocycles. The summed E-state index contributed by atoms with van der Waals surface area (Å²) in [7, 11) is 0. The van der Waals surface area contributed by atoms with E-state index >= 15 is 0 Å². The van der Waals surface area contributed by atoms with Crippen molar-refractivity contribution in [1.82, 2.24) is 25.3 Å². The van der Waals surface area contributed by atoms with E-state index in [2.05, 4.69) is 20.9 Å². The molecule has 0 unspecified atom stereocenters. The number of fused-ring (bicyclic) bond motifs is 6. The Bertz CT molecular complexity index is 3320. The number of azo groups is 1. The number of aliphatic hydroxyl groups excluding tert-OH is 2. The minimum absolute atomic E-state index is 0.0141. The van der Waals surface area contributed by atoms with Crippen LogP contribution in [0.15, 0.2) is 156 Å². The quantitative estimate of drug-likeness (QED) is 0.0199. The van der Waals surface area contributed by atoms with Crippen LogP contribution in [0.3, 0.4) is 0 Å². The minimum Gasteiger partial charge on any atom is -0.464 e. The highest BCUT2D eigenvalue weighted by atomic mass is 16.6. The van der Waals surface area contributed by atoms with Crippen LogP contribution in [0.4, 0.5) is 32.3 Å². The number of non-ortho nitro benzene ring substituents is 1. The van der Waals surface area contributed by atoms with Crippen LogP contribution in [-0.4, -0.2) is 161 Å². The highest BCUT2D eigenvalue weighted by molar-refractivity contribution is 5.89. The van der Waals surface area contributed by atoms with Gasteiger partial charge >= 0.3 is 18.2 Å². The lowest BCUT2D eigenvalue weighted by Gasteiger charge is -2.28. The first-order chi connectivity index (χ1) is 41.7. The van der Waals surface area contributed by atoms with Gasteiger partial charge in [0.05, 0.1) is 66.6 Å². The summed E-state index contributed by atoms with van der Waals surface area (Å²) < 4.78 is 17.4. The number of rotatable bonds is 19. The van der Waals surface area contributed by atoms with Crippen molar-refractivity contribution in [2.75, 3.05) is 64.0 Å². The highest BCUT2D eigenvalue weighted by Gasteiger charge is 2.46. The van der Waals surface area contributed by atoms with E-state index in [1.54, 1.807) is 12.1 Å². The first-order valence-corrected chi connectivity index (χ1v) is 28.9. The Labute approximate surface area is 495 Å². The number of benzene rings is 6. The molecule has 4 N–H and O–H groups in total.